The predicted octanol–water partition coefficient (Wildman–Crippen LogP) is 2.21. The smallest absolute Gasteiger partial charge is 0.251 e. The lowest BCUT2D eigenvalue weighted by Gasteiger charge is -2.04. The maximum absolute atomic E-state index is 11.6. The first-order chi connectivity index (χ1) is 7.27. The van der Waals surface area contributed by atoms with Gasteiger partial charge in [-0.3, -0.25) is 4.79 Å². The highest BCUT2D eigenvalue weighted by Gasteiger charge is 2.03. The molecule has 1 aromatic carbocycles. The predicted molar refractivity (Wildman–Crippen MR) is 61.6 cm³/mol. The van der Waals surface area contributed by atoms with E-state index in [-0.39, 0.29) is 5.91 Å². The molecule has 0 unspecified atom stereocenters. The molecule has 2 N–H and O–H groups in total. The molecule has 3 heteroatoms. The van der Waals surface area contributed by atoms with Crippen LogP contribution in [-0.4, -0.2) is 18.7 Å². The molecule has 0 aliphatic heterocycles. The Morgan fingerprint density at radius 1 is 1.40 bits per heavy atom. The first-order valence-corrected chi connectivity index (χ1v) is 5.16. The van der Waals surface area contributed by atoms with Gasteiger partial charge in [-0.2, -0.15) is 0 Å². The lowest BCUT2D eigenvalue weighted by atomic mass is 10.1. The third-order valence-corrected chi connectivity index (χ3v) is 2.16. The van der Waals surface area contributed by atoms with Crippen molar-refractivity contribution in [2.45, 2.75) is 19.8 Å². The third-order valence-electron chi connectivity index (χ3n) is 2.16. The van der Waals surface area contributed by atoms with Crippen LogP contribution in [-0.2, 0) is 0 Å². The maximum atomic E-state index is 11.6. The lowest BCUT2D eigenvalue weighted by Crippen LogP contribution is -2.24. The number of carbonyl (C=O) groups is 1. The van der Waals surface area contributed by atoms with Gasteiger partial charge in [-0.15, -0.1) is 0 Å². The fraction of sp³-hybridized carbons (Fsp3) is 0.333. The van der Waals surface area contributed by atoms with E-state index in [4.69, 9.17) is 5.41 Å². The second-order valence-corrected chi connectivity index (χ2v) is 3.38. The number of amides is 1. The van der Waals surface area contributed by atoms with Crippen molar-refractivity contribution in [3.8, 4) is 0 Å². The van der Waals surface area contributed by atoms with E-state index in [1.54, 1.807) is 24.3 Å². The van der Waals surface area contributed by atoms with Crippen molar-refractivity contribution < 1.29 is 4.79 Å². The van der Waals surface area contributed by atoms with Crippen molar-refractivity contribution in [2.75, 3.05) is 6.54 Å². The maximum Gasteiger partial charge on any atom is 0.251 e. The molecule has 0 saturated heterocycles. The molecule has 1 aromatic rings. The Morgan fingerprint density at radius 2 is 2.07 bits per heavy atom. The Balaban J connectivity index is 2.54. The van der Waals surface area contributed by atoms with Crippen molar-refractivity contribution >= 4 is 12.1 Å². The van der Waals surface area contributed by atoms with E-state index >= 15 is 0 Å². The average molecular weight is 204 g/mol. The van der Waals surface area contributed by atoms with Crippen LogP contribution in [0.2, 0.25) is 0 Å². The van der Waals surface area contributed by atoms with Gasteiger partial charge in [0.1, 0.15) is 0 Å². The molecule has 80 valence electrons. The summed E-state index contributed by atoms with van der Waals surface area (Å²) in [4.78, 5) is 11.6. The van der Waals surface area contributed by atoms with E-state index in [0.29, 0.717) is 5.56 Å². The van der Waals surface area contributed by atoms with Crippen LogP contribution in [0.4, 0.5) is 0 Å². The molecular formula is C12H16N2O. The second-order valence-electron chi connectivity index (χ2n) is 3.38. The number of rotatable bonds is 5. The summed E-state index contributed by atoms with van der Waals surface area (Å²) in [5, 5.41) is 9.87. The summed E-state index contributed by atoms with van der Waals surface area (Å²) in [6.07, 6.45) is 3.34. The Hall–Kier alpha value is -1.64. The van der Waals surface area contributed by atoms with E-state index < -0.39 is 0 Å². The topological polar surface area (TPSA) is 53.0 Å². The van der Waals surface area contributed by atoms with Crippen LogP contribution in [0.5, 0.6) is 0 Å². The Bertz CT molecular complexity index is 330. The van der Waals surface area contributed by atoms with Crippen molar-refractivity contribution in [1.82, 2.24) is 5.32 Å². The van der Waals surface area contributed by atoms with Gasteiger partial charge >= 0.3 is 0 Å². The van der Waals surface area contributed by atoms with E-state index in [0.717, 1.165) is 24.9 Å². The fourth-order valence-electron chi connectivity index (χ4n) is 1.21. The summed E-state index contributed by atoms with van der Waals surface area (Å²) < 4.78 is 0. The van der Waals surface area contributed by atoms with Crippen LogP contribution in [0.15, 0.2) is 24.3 Å². The molecule has 0 atom stereocenters. The summed E-state index contributed by atoms with van der Waals surface area (Å²) in [5.41, 5.74) is 1.46. The summed E-state index contributed by atoms with van der Waals surface area (Å²) in [7, 11) is 0. The summed E-state index contributed by atoms with van der Waals surface area (Å²) in [6.45, 7) is 2.81. The molecular weight excluding hydrogens is 188 g/mol. The van der Waals surface area contributed by atoms with Crippen LogP contribution < -0.4 is 5.32 Å². The van der Waals surface area contributed by atoms with Gasteiger partial charge in [-0.25, -0.2) is 0 Å². The Kier molecular flexibility index (Phi) is 4.54. The fourth-order valence-corrected chi connectivity index (χ4v) is 1.21. The zero-order chi connectivity index (χ0) is 11.1. The quantitative estimate of drug-likeness (QED) is 0.560. The highest BCUT2D eigenvalue weighted by atomic mass is 16.1. The van der Waals surface area contributed by atoms with E-state index in [1.165, 1.54) is 6.21 Å². The molecule has 0 fully saturated rings. The largest absolute Gasteiger partial charge is 0.352 e. The minimum Gasteiger partial charge on any atom is -0.352 e. The molecule has 0 spiro atoms. The number of benzene rings is 1. The minimum atomic E-state index is -0.0417. The van der Waals surface area contributed by atoms with Crippen LogP contribution in [0, 0.1) is 5.41 Å². The van der Waals surface area contributed by atoms with Crippen molar-refractivity contribution in [3.63, 3.8) is 0 Å². The molecule has 3 nitrogen and oxygen atoms in total. The highest BCUT2D eigenvalue weighted by molar-refractivity contribution is 5.94. The molecule has 0 bridgehead atoms. The minimum absolute atomic E-state index is 0.0417. The van der Waals surface area contributed by atoms with Crippen LogP contribution in [0.25, 0.3) is 0 Å². The summed E-state index contributed by atoms with van der Waals surface area (Å²) in [5.74, 6) is -0.0417. The van der Waals surface area contributed by atoms with Crippen LogP contribution >= 0.6 is 0 Å². The van der Waals surface area contributed by atoms with Crippen molar-refractivity contribution in [2.24, 2.45) is 0 Å². The van der Waals surface area contributed by atoms with E-state index in [2.05, 4.69) is 12.2 Å². The Labute approximate surface area is 90.0 Å². The van der Waals surface area contributed by atoms with E-state index in [9.17, 15) is 4.79 Å². The van der Waals surface area contributed by atoms with Crippen molar-refractivity contribution in [1.29, 1.82) is 5.41 Å². The van der Waals surface area contributed by atoms with Gasteiger partial charge in [0, 0.05) is 18.3 Å². The molecule has 1 rings (SSSR count). The van der Waals surface area contributed by atoms with Gasteiger partial charge in [0.2, 0.25) is 0 Å². The molecule has 15 heavy (non-hydrogen) atoms. The standard InChI is InChI=1S/C12H16N2O/c1-2-3-8-14-12(15)11-6-4-10(9-13)5-7-11/h4-7,9,13H,2-3,8H2,1H3,(H,14,15). The van der Waals surface area contributed by atoms with E-state index in [1.807, 2.05) is 0 Å². The second kappa shape index (κ2) is 5.96. The molecule has 0 saturated carbocycles. The van der Waals surface area contributed by atoms with Crippen LogP contribution in [0.1, 0.15) is 35.7 Å². The number of hydrogen-bond donors (Lipinski definition) is 2. The van der Waals surface area contributed by atoms with Gasteiger partial charge in [-0.1, -0.05) is 25.5 Å². The molecule has 0 aliphatic carbocycles. The highest BCUT2D eigenvalue weighted by Crippen LogP contribution is 2.02. The zero-order valence-electron chi connectivity index (χ0n) is 8.92. The molecule has 0 aliphatic rings. The zero-order valence-corrected chi connectivity index (χ0v) is 8.92. The monoisotopic (exact) mass is 204 g/mol. The number of nitrogens with one attached hydrogen (secondary N) is 2. The van der Waals surface area contributed by atoms with Gasteiger partial charge in [0.25, 0.3) is 5.91 Å². The molecule has 1 amide bonds. The Morgan fingerprint density at radius 3 is 2.60 bits per heavy atom. The first-order valence-electron chi connectivity index (χ1n) is 5.16. The molecule has 0 aromatic heterocycles. The first kappa shape index (κ1) is 11.4. The number of unbranched alkanes of at least 4 members (excludes halogenated alkanes) is 1. The normalized spacial score (nSPS) is 9.67. The van der Waals surface area contributed by atoms with Gasteiger partial charge in [0.15, 0.2) is 0 Å². The van der Waals surface area contributed by atoms with Crippen molar-refractivity contribution in [3.05, 3.63) is 35.4 Å². The number of carbonyl (C=O) groups excluding carboxylic acids is 1. The number of hydrogen-bond acceptors (Lipinski definition) is 2. The molecule has 0 radical (unpaired) electrons. The summed E-state index contributed by atoms with van der Waals surface area (Å²) in [6, 6.07) is 7.01. The molecule has 0 heterocycles. The lowest BCUT2D eigenvalue weighted by molar-refractivity contribution is 0.0953. The average Bonchev–Trinajstić information content (AvgIpc) is 2.29. The third kappa shape index (κ3) is 3.54. The van der Waals surface area contributed by atoms with Crippen LogP contribution in [0.3, 0.4) is 0 Å². The van der Waals surface area contributed by atoms with Gasteiger partial charge in [0.05, 0.1) is 0 Å². The van der Waals surface area contributed by atoms with Gasteiger partial charge in [-0.05, 0) is 24.1 Å². The summed E-state index contributed by atoms with van der Waals surface area (Å²) >= 11 is 0. The van der Waals surface area contributed by atoms with Gasteiger partial charge < -0.3 is 10.7 Å². The SMILES string of the molecule is CCCCNC(=O)c1ccc(C=N)cc1.